The van der Waals surface area contributed by atoms with Crippen LogP contribution in [-0.4, -0.2) is 28.2 Å². The van der Waals surface area contributed by atoms with Crippen LogP contribution in [0.3, 0.4) is 0 Å². The zero-order valence-corrected chi connectivity index (χ0v) is 18.4. The van der Waals surface area contributed by atoms with Crippen LogP contribution in [0, 0.1) is 0 Å². The smallest absolute Gasteiger partial charge is 0.416 e. The summed E-state index contributed by atoms with van der Waals surface area (Å²) in [5.74, 6) is -1.18. The van der Waals surface area contributed by atoms with E-state index < -0.39 is 17.7 Å². The molecule has 2 aromatic heterocycles. The van der Waals surface area contributed by atoms with E-state index in [1.807, 2.05) is 0 Å². The Morgan fingerprint density at radius 2 is 1.79 bits per heavy atom. The van der Waals surface area contributed by atoms with Crippen LogP contribution in [0.25, 0.3) is 22.2 Å². The number of methoxy groups -OCH3 is 1. The topological polar surface area (TPSA) is 84.3 Å². The maximum absolute atomic E-state index is 12.9. The van der Waals surface area contributed by atoms with Crippen LogP contribution in [0.15, 0.2) is 60.7 Å². The van der Waals surface area contributed by atoms with E-state index in [4.69, 9.17) is 16.3 Å². The number of hydrogen-bond donors (Lipinski definition) is 2. The summed E-state index contributed by atoms with van der Waals surface area (Å²) in [6.45, 7) is 0.204. The van der Waals surface area contributed by atoms with Crippen LogP contribution < -0.4 is 5.32 Å². The molecule has 10 heteroatoms. The number of carbonyl (C=O) groups is 1. The molecular formula is C24H17ClF3N3O3. The normalized spacial score (nSPS) is 11.6. The Morgan fingerprint density at radius 1 is 1.06 bits per heavy atom. The third-order valence-corrected chi connectivity index (χ3v) is 5.29. The Kier molecular flexibility index (Phi) is 6.41. The summed E-state index contributed by atoms with van der Waals surface area (Å²) in [4.78, 5) is 20.0. The molecule has 0 spiro atoms. The number of anilines is 2. The molecule has 2 aromatic carbocycles. The number of nitrogens with one attached hydrogen (secondary N) is 1. The van der Waals surface area contributed by atoms with Crippen LogP contribution in [0.4, 0.5) is 24.5 Å². The second-order valence-electron chi connectivity index (χ2n) is 7.36. The van der Waals surface area contributed by atoms with Gasteiger partial charge in [-0.3, -0.25) is 4.98 Å². The molecule has 4 rings (SSSR count). The summed E-state index contributed by atoms with van der Waals surface area (Å²) in [7, 11) is 1.52. The van der Waals surface area contributed by atoms with Crippen molar-refractivity contribution in [1.82, 2.24) is 9.97 Å². The second kappa shape index (κ2) is 9.28. The van der Waals surface area contributed by atoms with Gasteiger partial charge >= 0.3 is 12.1 Å². The van der Waals surface area contributed by atoms with Crippen molar-refractivity contribution >= 4 is 39.8 Å². The van der Waals surface area contributed by atoms with Crippen molar-refractivity contribution in [2.24, 2.45) is 0 Å². The number of benzene rings is 2. The Hall–Kier alpha value is -3.69. The SMILES string of the molecule is COCc1cc(Nc2ccc(C(F)(F)F)cc2)c2ccc(-c3nc(C(=O)O)ccc3Cl)cc2n1. The number of carboxylic acids is 1. The van der Waals surface area contributed by atoms with Crippen molar-refractivity contribution in [3.8, 4) is 11.3 Å². The van der Waals surface area contributed by atoms with Gasteiger partial charge in [-0.05, 0) is 48.5 Å². The number of halogens is 4. The number of hydrogen-bond acceptors (Lipinski definition) is 5. The fourth-order valence-electron chi connectivity index (χ4n) is 3.42. The molecule has 0 aliphatic heterocycles. The highest BCUT2D eigenvalue weighted by Gasteiger charge is 2.30. The molecule has 0 saturated heterocycles. The maximum Gasteiger partial charge on any atom is 0.416 e. The van der Waals surface area contributed by atoms with E-state index in [-0.39, 0.29) is 17.3 Å². The molecule has 6 nitrogen and oxygen atoms in total. The molecule has 2 heterocycles. The highest BCUT2D eigenvalue weighted by Crippen LogP contribution is 2.34. The lowest BCUT2D eigenvalue weighted by atomic mass is 10.1. The van der Waals surface area contributed by atoms with Gasteiger partial charge in [-0.1, -0.05) is 23.7 Å². The number of pyridine rings is 2. The average molecular weight is 488 g/mol. The van der Waals surface area contributed by atoms with Crippen LogP contribution >= 0.6 is 11.6 Å². The van der Waals surface area contributed by atoms with Gasteiger partial charge in [-0.15, -0.1) is 0 Å². The number of nitrogens with zero attached hydrogens (tertiary/aromatic N) is 2. The maximum atomic E-state index is 12.9. The van der Waals surface area contributed by atoms with E-state index in [9.17, 15) is 23.1 Å². The Balaban J connectivity index is 1.78. The van der Waals surface area contributed by atoms with E-state index in [0.717, 1.165) is 12.1 Å². The zero-order chi connectivity index (χ0) is 24.5. The monoisotopic (exact) mass is 487 g/mol. The van der Waals surface area contributed by atoms with Gasteiger partial charge in [0, 0.05) is 29.4 Å². The van der Waals surface area contributed by atoms with Crippen molar-refractivity contribution in [2.45, 2.75) is 12.8 Å². The molecular weight excluding hydrogens is 471 g/mol. The van der Waals surface area contributed by atoms with Crippen molar-refractivity contribution < 1.29 is 27.8 Å². The van der Waals surface area contributed by atoms with Gasteiger partial charge in [-0.25, -0.2) is 9.78 Å². The summed E-state index contributed by atoms with van der Waals surface area (Å²) in [5.41, 5.74) is 2.16. The Bertz CT molecular complexity index is 1380. The fourth-order valence-corrected chi connectivity index (χ4v) is 3.63. The molecule has 34 heavy (non-hydrogen) atoms. The second-order valence-corrected chi connectivity index (χ2v) is 7.77. The first kappa shape index (κ1) is 23.5. The molecule has 0 unspecified atom stereocenters. The summed E-state index contributed by atoms with van der Waals surface area (Å²) in [6.07, 6.45) is -4.42. The van der Waals surface area contributed by atoms with Gasteiger partial charge in [0.15, 0.2) is 0 Å². The number of ether oxygens (including phenoxy) is 1. The number of aromatic nitrogens is 2. The third-order valence-electron chi connectivity index (χ3n) is 4.98. The standard InChI is InChI=1S/C24H17ClF3N3O3/c1-34-12-16-11-21(29-15-5-3-14(4-6-15)24(26,27)28)17-7-2-13(10-20(17)30-16)22-18(25)8-9-19(31-22)23(32)33/h2-11H,12H2,1H3,(H,29,30)(H,32,33). The minimum Gasteiger partial charge on any atom is -0.477 e. The van der Waals surface area contributed by atoms with Crippen LogP contribution in [-0.2, 0) is 17.5 Å². The van der Waals surface area contributed by atoms with Gasteiger partial charge in [0.25, 0.3) is 0 Å². The fraction of sp³-hybridized carbons (Fsp3) is 0.125. The molecule has 0 bridgehead atoms. The number of aromatic carboxylic acids is 1. The summed E-state index contributed by atoms with van der Waals surface area (Å²) in [6, 6.07) is 14.4. The molecule has 0 radical (unpaired) electrons. The zero-order valence-electron chi connectivity index (χ0n) is 17.7. The molecule has 0 amide bonds. The number of fused-ring (bicyclic) bond motifs is 1. The van der Waals surface area contributed by atoms with E-state index in [0.29, 0.717) is 39.2 Å². The van der Waals surface area contributed by atoms with Crippen LogP contribution in [0.1, 0.15) is 21.7 Å². The first-order chi connectivity index (χ1) is 16.2. The van der Waals surface area contributed by atoms with Gasteiger partial charge < -0.3 is 15.2 Å². The lowest BCUT2D eigenvalue weighted by Crippen LogP contribution is -2.04. The average Bonchev–Trinajstić information content (AvgIpc) is 2.79. The van der Waals surface area contributed by atoms with Gasteiger partial charge in [0.1, 0.15) is 5.69 Å². The van der Waals surface area contributed by atoms with E-state index in [1.54, 1.807) is 24.3 Å². The van der Waals surface area contributed by atoms with E-state index >= 15 is 0 Å². The van der Waals surface area contributed by atoms with Gasteiger partial charge in [-0.2, -0.15) is 13.2 Å². The molecule has 0 atom stereocenters. The summed E-state index contributed by atoms with van der Waals surface area (Å²) in [5, 5.41) is 13.4. The van der Waals surface area contributed by atoms with Gasteiger partial charge in [0.2, 0.25) is 0 Å². The Morgan fingerprint density at radius 3 is 2.44 bits per heavy atom. The first-order valence-corrected chi connectivity index (χ1v) is 10.3. The quantitative estimate of drug-likeness (QED) is 0.320. The number of carboxylic acid groups (broad SMARTS) is 1. The third kappa shape index (κ3) is 4.95. The van der Waals surface area contributed by atoms with Crippen LogP contribution in [0.2, 0.25) is 5.02 Å². The first-order valence-electron chi connectivity index (χ1n) is 9.93. The molecule has 0 fully saturated rings. The highest BCUT2D eigenvalue weighted by atomic mass is 35.5. The summed E-state index contributed by atoms with van der Waals surface area (Å²) < 4.78 is 43.8. The predicted molar refractivity (Wildman–Crippen MR) is 122 cm³/mol. The van der Waals surface area contributed by atoms with E-state index in [2.05, 4.69) is 15.3 Å². The van der Waals surface area contributed by atoms with Crippen molar-refractivity contribution in [1.29, 1.82) is 0 Å². The molecule has 4 aromatic rings. The molecule has 0 aliphatic rings. The lowest BCUT2D eigenvalue weighted by molar-refractivity contribution is -0.137. The highest BCUT2D eigenvalue weighted by molar-refractivity contribution is 6.33. The van der Waals surface area contributed by atoms with E-state index in [1.165, 1.54) is 31.4 Å². The molecule has 0 saturated carbocycles. The number of rotatable bonds is 6. The predicted octanol–water partition coefficient (Wildman–Crippen LogP) is 6.56. The van der Waals surface area contributed by atoms with Crippen molar-refractivity contribution in [3.63, 3.8) is 0 Å². The lowest BCUT2D eigenvalue weighted by Gasteiger charge is -2.14. The Labute approximate surface area is 197 Å². The summed E-state index contributed by atoms with van der Waals surface area (Å²) >= 11 is 6.26. The minimum absolute atomic E-state index is 0.148. The minimum atomic E-state index is -4.42. The van der Waals surface area contributed by atoms with Crippen molar-refractivity contribution in [3.05, 3.63) is 82.6 Å². The van der Waals surface area contributed by atoms with Crippen molar-refractivity contribution in [2.75, 3.05) is 12.4 Å². The van der Waals surface area contributed by atoms with Crippen LogP contribution in [0.5, 0.6) is 0 Å². The number of alkyl halides is 3. The molecule has 174 valence electrons. The van der Waals surface area contributed by atoms with Gasteiger partial charge in [0.05, 0.1) is 34.1 Å². The molecule has 0 aliphatic carbocycles. The molecule has 2 N–H and O–H groups in total. The largest absolute Gasteiger partial charge is 0.477 e.